The molecule has 6 heteroatoms. The summed E-state index contributed by atoms with van der Waals surface area (Å²) in [5.74, 6) is 0.0668. The van der Waals surface area contributed by atoms with Gasteiger partial charge in [-0.2, -0.15) is 0 Å². The molecule has 0 spiro atoms. The molecule has 0 radical (unpaired) electrons. The lowest BCUT2D eigenvalue weighted by molar-refractivity contribution is 0.0664. The molecule has 24 heavy (non-hydrogen) atoms. The average molecular weight is 319 g/mol. The first-order valence-electron chi connectivity index (χ1n) is 7.82. The minimum absolute atomic E-state index is 0.144. The molecule has 120 valence electrons. The van der Waals surface area contributed by atoms with Crippen LogP contribution in [0.3, 0.4) is 0 Å². The van der Waals surface area contributed by atoms with Crippen molar-refractivity contribution in [3.63, 3.8) is 0 Å². The number of nitrogen functional groups attached to an aromatic ring is 1. The van der Waals surface area contributed by atoms with Crippen LogP contribution in [0, 0.1) is 0 Å². The summed E-state index contributed by atoms with van der Waals surface area (Å²) in [5, 5.41) is 0. The van der Waals surface area contributed by atoms with E-state index in [2.05, 4.69) is 20.6 Å². The molecule has 0 saturated carbocycles. The predicted octanol–water partition coefficient (Wildman–Crippen LogP) is 2.11. The summed E-state index contributed by atoms with van der Waals surface area (Å²) >= 11 is 0. The van der Waals surface area contributed by atoms with Gasteiger partial charge >= 0.3 is 0 Å². The summed E-state index contributed by atoms with van der Waals surface area (Å²) in [7, 11) is 0. The quantitative estimate of drug-likeness (QED) is 0.785. The fourth-order valence-electron chi connectivity index (χ4n) is 3.25. The maximum atomic E-state index is 13.1. The maximum Gasteiger partial charge on any atom is 0.260 e. The Morgan fingerprint density at radius 1 is 1.12 bits per heavy atom. The Morgan fingerprint density at radius 3 is 2.75 bits per heavy atom. The largest absolute Gasteiger partial charge is 0.383 e. The van der Waals surface area contributed by atoms with Gasteiger partial charge in [-0.15, -0.1) is 0 Å². The van der Waals surface area contributed by atoms with Crippen LogP contribution in [-0.2, 0) is 6.54 Å². The van der Waals surface area contributed by atoms with Crippen molar-refractivity contribution in [2.75, 3.05) is 12.3 Å². The molecule has 0 saturated heterocycles. The van der Waals surface area contributed by atoms with Gasteiger partial charge in [0.15, 0.2) is 0 Å². The highest BCUT2D eigenvalue weighted by Crippen LogP contribution is 2.33. The van der Waals surface area contributed by atoms with Crippen molar-refractivity contribution in [3.8, 4) is 0 Å². The third-order valence-electron chi connectivity index (χ3n) is 4.39. The summed E-state index contributed by atoms with van der Waals surface area (Å²) in [5.41, 5.74) is 8.39. The van der Waals surface area contributed by atoms with Crippen LogP contribution in [0.5, 0.6) is 0 Å². The number of nitrogens with zero attached hydrogens (tertiary/aromatic N) is 4. The highest BCUT2D eigenvalue weighted by Gasteiger charge is 2.33. The van der Waals surface area contributed by atoms with Gasteiger partial charge in [0, 0.05) is 31.2 Å². The second kappa shape index (κ2) is 5.81. The first-order valence-corrected chi connectivity index (χ1v) is 7.82. The molecule has 1 amide bonds. The minimum Gasteiger partial charge on any atom is -0.383 e. The number of rotatable bonds is 2. The first-order chi connectivity index (χ1) is 11.8. The second-order valence-electron chi connectivity index (χ2n) is 5.76. The molecule has 3 aromatic rings. The molecule has 1 aliphatic rings. The molecule has 2 aromatic heterocycles. The van der Waals surface area contributed by atoms with Crippen molar-refractivity contribution in [2.45, 2.75) is 12.6 Å². The van der Waals surface area contributed by atoms with Gasteiger partial charge in [0.1, 0.15) is 17.7 Å². The Hall–Kier alpha value is -3.15. The minimum atomic E-state index is -0.151. The Labute approximate surface area is 139 Å². The molecule has 0 bridgehead atoms. The van der Waals surface area contributed by atoms with Crippen LogP contribution in [0.2, 0.25) is 0 Å². The molecule has 6 nitrogen and oxygen atoms in total. The van der Waals surface area contributed by atoms with Crippen LogP contribution < -0.4 is 5.73 Å². The van der Waals surface area contributed by atoms with Gasteiger partial charge in [-0.25, -0.2) is 9.97 Å². The average Bonchev–Trinajstić information content (AvgIpc) is 3.10. The number of anilines is 1. The van der Waals surface area contributed by atoms with Crippen LogP contribution in [0.25, 0.3) is 0 Å². The van der Waals surface area contributed by atoms with E-state index in [1.807, 2.05) is 47.5 Å². The van der Waals surface area contributed by atoms with E-state index in [-0.39, 0.29) is 17.8 Å². The maximum absolute atomic E-state index is 13.1. The summed E-state index contributed by atoms with van der Waals surface area (Å²) in [6.45, 7) is 1.36. The molecule has 3 heterocycles. The zero-order valence-electron chi connectivity index (χ0n) is 13.0. The molecule has 1 aliphatic heterocycles. The number of carbonyl (C=O) groups is 1. The van der Waals surface area contributed by atoms with E-state index in [0.29, 0.717) is 12.1 Å². The summed E-state index contributed by atoms with van der Waals surface area (Å²) in [4.78, 5) is 22.8. The van der Waals surface area contributed by atoms with Crippen LogP contribution in [-0.4, -0.2) is 31.9 Å². The van der Waals surface area contributed by atoms with Crippen LogP contribution in [0.1, 0.15) is 27.7 Å². The molecular formula is C18H17N5O. The molecular weight excluding hydrogens is 302 g/mol. The van der Waals surface area contributed by atoms with Gasteiger partial charge in [-0.05, 0) is 17.7 Å². The fourth-order valence-corrected chi connectivity index (χ4v) is 3.25. The third kappa shape index (κ3) is 2.32. The van der Waals surface area contributed by atoms with E-state index >= 15 is 0 Å². The van der Waals surface area contributed by atoms with E-state index < -0.39 is 0 Å². The molecule has 1 aromatic carbocycles. The summed E-state index contributed by atoms with van der Waals surface area (Å²) in [6.07, 6.45) is 4.88. The number of benzene rings is 1. The highest BCUT2D eigenvalue weighted by molar-refractivity contribution is 5.98. The lowest BCUT2D eigenvalue weighted by Gasteiger charge is -2.37. The molecule has 0 fully saturated rings. The van der Waals surface area contributed by atoms with Crippen LogP contribution in [0.15, 0.2) is 61.2 Å². The van der Waals surface area contributed by atoms with E-state index in [1.54, 1.807) is 0 Å². The van der Waals surface area contributed by atoms with Crippen molar-refractivity contribution in [1.82, 2.24) is 19.4 Å². The number of nitrogens with two attached hydrogens (primary N) is 1. The summed E-state index contributed by atoms with van der Waals surface area (Å²) in [6, 6.07) is 13.9. The van der Waals surface area contributed by atoms with E-state index in [9.17, 15) is 4.79 Å². The Morgan fingerprint density at radius 2 is 1.96 bits per heavy atom. The SMILES string of the molecule is Nc1ncncc1C(=O)N1CCn2cccc2C1c1ccccc1. The Kier molecular flexibility index (Phi) is 3.49. The molecule has 1 unspecified atom stereocenters. The molecule has 2 N–H and O–H groups in total. The number of hydrogen-bond acceptors (Lipinski definition) is 4. The topological polar surface area (TPSA) is 77.0 Å². The first kappa shape index (κ1) is 14.4. The third-order valence-corrected chi connectivity index (χ3v) is 4.39. The zero-order valence-corrected chi connectivity index (χ0v) is 13.0. The van der Waals surface area contributed by atoms with Gasteiger partial charge in [0.05, 0.1) is 6.04 Å². The molecule has 0 aliphatic carbocycles. The van der Waals surface area contributed by atoms with Gasteiger partial charge in [-0.1, -0.05) is 30.3 Å². The van der Waals surface area contributed by atoms with Crippen LogP contribution >= 0.6 is 0 Å². The van der Waals surface area contributed by atoms with E-state index in [0.717, 1.165) is 17.8 Å². The lowest BCUT2D eigenvalue weighted by Crippen LogP contribution is -2.42. The van der Waals surface area contributed by atoms with Crippen LogP contribution in [0.4, 0.5) is 5.82 Å². The number of fused-ring (bicyclic) bond motifs is 1. The second-order valence-corrected chi connectivity index (χ2v) is 5.76. The molecule has 1 atom stereocenters. The normalized spacial score (nSPS) is 16.7. The van der Waals surface area contributed by atoms with Crippen molar-refractivity contribution in [1.29, 1.82) is 0 Å². The van der Waals surface area contributed by atoms with E-state index in [1.165, 1.54) is 12.5 Å². The monoisotopic (exact) mass is 319 g/mol. The van der Waals surface area contributed by atoms with Gasteiger partial charge in [-0.3, -0.25) is 4.79 Å². The van der Waals surface area contributed by atoms with Crippen molar-refractivity contribution < 1.29 is 4.79 Å². The number of amides is 1. The standard InChI is InChI=1S/C18H17N5O/c19-17-14(11-20-12-21-17)18(24)23-10-9-22-8-4-7-15(22)16(23)13-5-2-1-3-6-13/h1-8,11-12,16H,9-10H2,(H2,19,20,21). The number of hydrogen-bond donors (Lipinski definition) is 1. The van der Waals surface area contributed by atoms with E-state index in [4.69, 9.17) is 5.73 Å². The van der Waals surface area contributed by atoms with Crippen molar-refractivity contribution in [3.05, 3.63) is 78.0 Å². The summed E-state index contributed by atoms with van der Waals surface area (Å²) < 4.78 is 2.19. The van der Waals surface area contributed by atoms with Gasteiger partial charge < -0.3 is 15.2 Å². The fraction of sp³-hybridized carbons (Fsp3) is 0.167. The highest BCUT2D eigenvalue weighted by atomic mass is 16.2. The number of aromatic nitrogens is 3. The Balaban J connectivity index is 1.80. The van der Waals surface area contributed by atoms with Crippen molar-refractivity contribution >= 4 is 11.7 Å². The lowest BCUT2D eigenvalue weighted by atomic mass is 9.99. The smallest absolute Gasteiger partial charge is 0.260 e. The van der Waals surface area contributed by atoms with Gasteiger partial charge in [0.2, 0.25) is 0 Å². The van der Waals surface area contributed by atoms with Gasteiger partial charge in [0.25, 0.3) is 5.91 Å². The predicted molar refractivity (Wildman–Crippen MR) is 90.2 cm³/mol. The zero-order chi connectivity index (χ0) is 16.5. The number of carbonyl (C=O) groups excluding carboxylic acids is 1. The molecule has 4 rings (SSSR count). The van der Waals surface area contributed by atoms with Crippen molar-refractivity contribution in [2.24, 2.45) is 0 Å². The Bertz CT molecular complexity index is 874.